The van der Waals surface area contributed by atoms with Gasteiger partial charge in [-0.15, -0.1) is 0 Å². The Morgan fingerprint density at radius 3 is 2.93 bits per heavy atom. The molecule has 2 rings (SSSR count). The van der Waals surface area contributed by atoms with E-state index in [0.717, 1.165) is 12.4 Å². The largest absolute Gasteiger partial charge is 0.375 e. The molecule has 1 heterocycles. The summed E-state index contributed by atoms with van der Waals surface area (Å²) in [7, 11) is 0. The lowest BCUT2D eigenvalue weighted by atomic mass is 9.71. The van der Waals surface area contributed by atoms with Gasteiger partial charge in [0, 0.05) is 18.4 Å². The maximum atomic E-state index is 6.18. The maximum absolute atomic E-state index is 6.18. The first kappa shape index (κ1) is 10.8. The summed E-state index contributed by atoms with van der Waals surface area (Å²) >= 11 is 1.86. The third kappa shape index (κ3) is 2.10. The molecule has 2 fully saturated rings. The van der Waals surface area contributed by atoms with E-state index in [1.54, 1.807) is 0 Å². The van der Waals surface area contributed by atoms with Crippen molar-refractivity contribution >= 4 is 11.8 Å². The van der Waals surface area contributed by atoms with Crippen LogP contribution in [0.5, 0.6) is 0 Å². The van der Waals surface area contributed by atoms with E-state index in [9.17, 15) is 0 Å². The van der Waals surface area contributed by atoms with Crippen molar-refractivity contribution in [2.45, 2.75) is 43.7 Å². The molecule has 14 heavy (non-hydrogen) atoms. The quantitative estimate of drug-likeness (QED) is 0.782. The summed E-state index contributed by atoms with van der Waals surface area (Å²) in [5.74, 6) is 1.80. The molecule has 2 nitrogen and oxygen atoms in total. The first-order valence-electron chi connectivity index (χ1n) is 5.64. The van der Waals surface area contributed by atoms with Crippen LogP contribution in [0.25, 0.3) is 0 Å². The molecule has 82 valence electrons. The molecule has 1 aliphatic heterocycles. The first-order valence-corrected chi connectivity index (χ1v) is 7.04. The van der Waals surface area contributed by atoms with Gasteiger partial charge in [-0.2, -0.15) is 11.8 Å². The zero-order valence-electron chi connectivity index (χ0n) is 9.00. The molecule has 1 aliphatic carbocycles. The van der Waals surface area contributed by atoms with Crippen molar-refractivity contribution in [3.63, 3.8) is 0 Å². The Balaban J connectivity index is 1.87. The molecule has 0 aromatic carbocycles. The van der Waals surface area contributed by atoms with Gasteiger partial charge in [0.05, 0.1) is 5.60 Å². The average Bonchev–Trinajstić information content (AvgIpc) is 2.16. The van der Waals surface area contributed by atoms with Gasteiger partial charge in [-0.1, -0.05) is 0 Å². The second-order valence-electron chi connectivity index (χ2n) is 4.76. The number of hydrogen-bond donors (Lipinski definition) is 1. The van der Waals surface area contributed by atoms with E-state index in [0.29, 0.717) is 12.0 Å². The van der Waals surface area contributed by atoms with Crippen molar-refractivity contribution in [3.8, 4) is 0 Å². The van der Waals surface area contributed by atoms with Gasteiger partial charge in [-0.05, 0) is 44.3 Å². The van der Waals surface area contributed by atoms with Gasteiger partial charge in [0.15, 0.2) is 0 Å². The normalized spacial score (nSPS) is 32.6. The number of nitrogens with two attached hydrogens (primary N) is 1. The van der Waals surface area contributed by atoms with Crippen molar-refractivity contribution < 1.29 is 4.74 Å². The van der Waals surface area contributed by atoms with Crippen molar-refractivity contribution in [2.75, 3.05) is 18.6 Å². The Morgan fingerprint density at radius 1 is 1.57 bits per heavy atom. The summed E-state index contributed by atoms with van der Waals surface area (Å²) in [6.45, 7) is 0.937. The highest BCUT2D eigenvalue weighted by Crippen LogP contribution is 2.44. The van der Waals surface area contributed by atoms with Gasteiger partial charge in [-0.25, -0.2) is 0 Å². The molecule has 0 bridgehead atoms. The topological polar surface area (TPSA) is 35.2 Å². The van der Waals surface area contributed by atoms with Gasteiger partial charge < -0.3 is 10.5 Å². The number of thioether (sulfide) groups is 1. The van der Waals surface area contributed by atoms with E-state index in [-0.39, 0.29) is 5.60 Å². The Bertz CT molecular complexity index is 194. The predicted octanol–water partition coefficient (Wildman–Crippen LogP) is 2.03. The molecule has 2 N–H and O–H groups in total. The standard InChI is InChI=1S/C11H21NOS/c1-14-8-10(12)9-3-6-13-11(7-9)4-2-5-11/h9-10H,2-8,12H2,1H3. The summed E-state index contributed by atoms with van der Waals surface area (Å²) in [4.78, 5) is 0. The van der Waals surface area contributed by atoms with Crippen LogP contribution in [-0.4, -0.2) is 30.3 Å². The van der Waals surface area contributed by atoms with E-state index in [4.69, 9.17) is 10.5 Å². The molecule has 2 unspecified atom stereocenters. The van der Waals surface area contributed by atoms with Crippen LogP contribution in [0.2, 0.25) is 0 Å². The highest BCUT2D eigenvalue weighted by atomic mass is 32.2. The van der Waals surface area contributed by atoms with Gasteiger partial charge in [0.25, 0.3) is 0 Å². The highest BCUT2D eigenvalue weighted by molar-refractivity contribution is 7.98. The van der Waals surface area contributed by atoms with Gasteiger partial charge in [0.2, 0.25) is 0 Å². The monoisotopic (exact) mass is 215 g/mol. The zero-order valence-corrected chi connectivity index (χ0v) is 9.81. The molecule has 1 saturated carbocycles. The summed E-state index contributed by atoms with van der Waals surface area (Å²) in [6.07, 6.45) is 8.42. The molecule has 0 radical (unpaired) electrons. The Kier molecular flexibility index (Phi) is 3.40. The molecule has 2 aliphatic rings. The highest BCUT2D eigenvalue weighted by Gasteiger charge is 2.43. The van der Waals surface area contributed by atoms with Crippen LogP contribution in [0, 0.1) is 5.92 Å². The van der Waals surface area contributed by atoms with E-state index in [2.05, 4.69) is 6.26 Å². The Morgan fingerprint density at radius 2 is 2.36 bits per heavy atom. The maximum Gasteiger partial charge on any atom is 0.0685 e. The van der Waals surface area contributed by atoms with Crippen molar-refractivity contribution in [1.82, 2.24) is 0 Å². The summed E-state index contributed by atoms with van der Waals surface area (Å²) in [5.41, 5.74) is 6.45. The Labute approximate surface area is 91.0 Å². The van der Waals surface area contributed by atoms with Gasteiger partial charge in [-0.3, -0.25) is 0 Å². The molecule has 0 amide bonds. The lowest BCUT2D eigenvalue weighted by Crippen LogP contribution is -2.49. The first-order chi connectivity index (χ1) is 6.76. The lowest BCUT2D eigenvalue weighted by molar-refractivity contribution is -0.145. The lowest BCUT2D eigenvalue weighted by Gasteiger charge is -2.48. The smallest absolute Gasteiger partial charge is 0.0685 e. The van der Waals surface area contributed by atoms with Crippen molar-refractivity contribution in [3.05, 3.63) is 0 Å². The van der Waals surface area contributed by atoms with Crippen LogP contribution in [0.15, 0.2) is 0 Å². The number of hydrogen-bond acceptors (Lipinski definition) is 3. The fraction of sp³-hybridized carbons (Fsp3) is 1.00. The molecular weight excluding hydrogens is 194 g/mol. The molecule has 1 spiro atoms. The van der Waals surface area contributed by atoms with E-state index in [1.165, 1.54) is 32.1 Å². The fourth-order valence-corrected chi connectivity index (χ4v) is 3.34. The SMILES string of the molecule is CSCC(N)C1CCOC2(CCC2)C1. The van der Waals surface area contributed by atoms with Crippen molar-refractivity contribution in [1.29, 1.82) is 0 Å². The summed E-state index contributed by atoms with van der Waals surface area (Å²) in [6, 6.07) is 0.381. The minimum absolute atomic E-state index is 0.263. The van der Waals surface area contributed by atoms with Crippen LogP contribution >= 0.6 is 11.8 Å². The van der Waals surface area contributed by atoms with E-state index in [1.807, 2.05) is 11.8 Å². The van der Waals surface area contributed by atoms with Gasteiger partial charge >= 0.3 is 0 Å². The second kappa shape index (κ2) is 4.42. The average molecular weight is 215 g/mol. The molecule has 3 heteroatoms. The zero-order chi connectivity index (χ0) is 10.0. The van der Waals surface area contributed by atoms with E-state index >= 15 is 0 Å². The predicted molar refractivity (Wildman–Crippen MR) is 61.6 cm³/mol. The molecular formula is C11H21NOS. The third-order valence-corrected chi connectivity index (χ3v) is 4.48. The van der Waals surface area contributed by atoms with Crippen LogP contribution < -0.4 is 5.73 Å². The van der Waals surface area contributed by atoms with E-state index < -0.39 is 0 Å². The van der Waals surface area contributed by atoms with Crippen molar-refractivity contribution in [2.24, 2.45) is 11.7 Å². The third-order valence-electron chi connectivity index (χ3n) is 3.76. The minimum atomic E-state index is 0.263. The molecule has 0 aromatic heterocycles. The Hall–Kier alpha value is 0.270. The summed E-state index contributed by atoms with van der Waals surface area (Å²) in [5, 5.41) is 0. The van der Waals surface area contributed by atoms with Crippen LogP contribution in [0.1, 0.15) is 32.1 Å². The van der Waals surface area contributed by atoms with Crippen LogP contribution in [0.3, 0.4) is 0 Å². The van der Waals surface area contributed by atoms with Gasteiger partial charge in [0.1, 0.15) is 0 Å². The second-order valence-corrected chi connectivity index (χ2v) is 5.67. The molecule has 2 atom stereocenters. The minimum Gasteiger partial charge on any atom is -0.375 e. The fourth-order valence-electron chi connectivity index (χ4n) is 2.68. The summed E-state index contributed by atoms with van der Waals surface area (Å²) < 4.78 is 5.90. The van der Waals surface area contributed by atoms with Crippen LogP contribution in [-0.2, 0) is 4.74 Å². The molecule has 0 aromatic rings. The number of ether oxygens (including phenoxy) is 1. The number of rotatable bonds is 3. The van der Waals surface area contributed by atoms with Crippen LogP contribution in [0.4, 0.5) is 0 Å². The molecule has 1 saturated heterocycles.